The van der Waals surface area contributed by atoms with Gasteiger partial charge in [-0.15, -0.1) is 0 Å². The van der Waals surface area contributed by atoms with Gasteiger partial charge in [0.1, 0.15) is 5.75 Å². The van der Waals surface area contributed by atoms with Crippen LogP contribution in [0.5, 0.6) is 5.75 Å². The second-order valence-corrected chi connectivity index (χ2v) is 11.5. The summed E-state index contributed by atoms with van der Waals surface area (Å²) >= 11 is 1.50. The van der Waals surface area contributed by atoms with Gasteiger partial charge in [-0.3, -0.25) is 0 Å². The van der Waals surface area contributed by atoms with E-state index in [-0.39, 0.29) is 16.7 Å². The number of alkyl halides is 2. The van der Waals surface area contributed by atoms with E-state index in [1.807, 2.05) is 6.07 Å². The number of aromatic nitrogens is 2. The number of thioether (sulfide) groups is 1. The van der Waals surface area contributed by atoms with Crippen molar-refractivity contribution in [3.63, 3.8) is 0 Å². The van der Waals surface area contributed by atoms with Gasteiger partial charge in [-0.05, 0) is 48.7 Å². The van der Waals surface area contributed by atoms with Crippen molar-refractivity contribution in [3.8, 4) is 5.75 Å². The SMILES string of the molecule is O=S(=O)(c1ccc2c(c1)nc(SCc1ccc(OC(F)F)cc1)n2CC1CCCO1)N1CCOCC1. The molecule has 0 bridgehead atoms. The Hall–Kier alpha value is -2.25. The van der Waals surface area contributed by atoms with Gasteiger partial charge >= 0.3 is 6.61 Å². The van der Waals surface area contributed by atoms with E-state index in [4.69, 9.17) is 14.5 Å². The van der Waals surface area contributed by atoms with Gasteiger partial charge in [0.15, 0.2) is 5.16 Å². The molecule has 1 aromatic heterocycles. The highest BCUT2D eigenvalue weighted by Gasteiger charge is 2.28. The number of fused-ring (bicyclic) bond motifs is 1. The summed E-state index contributed by atoms with van der Waals surface area (Å²) in [6, 6.07) is 11.6. The van der Waals surface area contributed by atoms with E-state index in [9.17, 15) is 17.2 Å². The maximum Gasteiger partial charge on any atom is 0.387 e. The van der Waals surface area contributed by atoms with Gasteiger partial charge < -0.3 is 18.8 Å². The average Bonchev–Trinajstić information content (AvgIpc) is 3.52. The van der Waals surface area contributed by atoms with Crippen LogP contribution < -0.4 is 4.74 Å². The van der Waals surface area contributed by atoms with Crippen LogP contribution in [0.1, 0.15) is 18.4 Å². The molecule has 36 heavy (non-hydrogen) atoms. The second kappa shape index (κ2) is 11.0. The van der Waals surface area contributed by atoms with Crippen molar-refractivity contribution >= 4 is 32.8 Å². The van der Waals surface area contributed by atoms with Crippen LogP contribution >= 0.6 is 11.8 Å². The molecule has 8 nitrogen and oxygen atoms in total. The Labute approximate surface area is 212 Å². The molecule has 2 aromatic carbocycles. The summed E-state index contributed by atoms with van der Waals surface area (Å²) in [5.41, 5.74) is 2.37. The maximum absolute atomic E-state index is 13.2. The minimum atomic E-state index is -3.64. The van der Waals surface area contributed by atoms with Crippen molar-refractivity contribution < 1.29 is 31.4 Å². The van der Waals surface area contributed by atoms with E-state index in [1.165, 1.54) is 28.2 Å². The number of halogens is 2. The van der Waals surface area contributed by atoms with Crippen molar-refractivity contribution in [1.29, 1.82) is 0 Å². The fourth-order valence-corrected chi connectivity index (χ4v) is 6.79. The fourth-order valence-electron chi connectivity index (χ4n) is 4.38. The number of morpholine rings is 1. The summed E-state index contributed by atoms with van der Waals surface area (Å²) in [5, 5.41) is 0.745. The number of hydrogen-bond donors (Lipinski definition) is 0. The van der Waals surface area contributed by atoms with Crippen LogP contribution in [0.3, 0.4) is 0 Å². The minimum absolute atomic E-state index is 0.0734. The number of nitrogens with zero attached hydrogens (tertiary/aromatic N) is 3. The molecule has 1 atom stereocenters. The normalized spacial score (nSPS) is 19.4. The molecule has 0 spiro atoms. The number of rotatable bonds is 9. The van der Waals surface area contributed by atoms with Crippen molar-refractivity contribution in [3.05, 3.63) is 48.0 Å². The monoisotopic (exact) mass is 539 g/mol. The molecule has 5 rings (SSSR count). The smallest absolute Gasteiger partial charge is 0.387 e. The Morgan fingerprint density at radius 3 is 2.58 bits per heavy atom. The molecule has 0 saturated carbocycles. The highest BCUT2D eigenvalue weighted by molar-refractivity contribution is 7.98. The van der Waals surface area contributed by atoms with Gasteiger partial charge in [0.05, 0.1) is 41.8 Å². The fraction of sp³-hybridized carbons (Fsp3) is 0.458. The summed E-state index contributed by atoms with van der Waals surface area (Å²) in [6.07, 6.45) is 2.04. The predicted octanol–water partition coefficient (Wildman–Crippen LogP) is 4.13. The predicted molar refractivity (Wildman–Crippen MR) is 131 cm³/mol. The van der Waals surface area contributed by atoms with E-state index >= 15 is 0 Å². The lowest BCUT2D eigenvalue weighted by Gasteiger charge is -2.26. The number of sulfonamides is 1. The quantitative estimate of drug-likeness (QED) is 0.378. The Bertz CT molecular complexity index is 1290. The molecule has 0 aliphatic carbocycles. The van der Waals surface area contributed by atoms with Gasteiger partial charge in [-0.2, -0.15) is 13.1 Å². The molecule has 2 saturated heterocycles. The van der Waals surface area contributed by atoms with Crippen LogP contribution in [-0.2, 0) is 31.8 Å². The Kier molecular flexibility index (Phi) is 7.77. The molecule has 194 valence electrons. The number of imidazole rings is 1. The topological polar surface area (TPSA) is 82.9 Å². The highest BCUT2D eigenvalue weighted by Crippen LogP contribution is 2.31. The molecule has 2 fully saturated rings. The lowest BCUT2D eigenvalue weighted by atomic mass is 10.2. The maximum atomic E-state index is 13.2. The average molecular weight is 540 g/mol. The lowest BCUT2D eigenvalue weighted by Crippen LogP contribution is -2.40. The molecular formula is C24H27F2N3O5S2. The van der Waals surface area contributed by atoms with E-state index in [0.717, 1.165) is 35.7 Å². The first-order valence-electron chi connectivity index (χ1n) is 11.8. The summed E-state index contributed by atoms with van der Waals surface area (Å²) in [6.45, 7) is -0.0859. The first kappa shape index (κ1) is 25.4. The molecule has 12 heteroatoms. The van der Waals surface area contributed by atoms with Crippen LogP contribution in [0, 0.1) is 0 Å². The van der Waals surface area contributed by atoms with Crippen LogP contribution in [0.25, 0.3) is 11.0 Å². The third-order valence-electron chi connectivity index (χ3n) is 6.22. The van der Waals surface area contributed by atoms with E-state index in [0.29, 0.717) is 44.1 Å². The van der Waals surface area contributed by atoms with Crippen molar-refractivity contribution in [1.82, 2.24) is 13.9 Å². The van der Waals surface area contributed by atoms with Gasteiger partial charge in [0.25, 0.3) is 0 Å². The van der Waals surface area contributed by atoms with Crippen molar-refractivity contribution in [2.24, 2.45) is 0 Å². The van der Waals surface area contributed by atoms with Gasteiger partial charge in [0, 0.05) is 25.4 Å². The molecule has 1 unspecified atom stereocenters. The first-order valence-corrected chi connectivity index (χ1v) is 14.2. The summed E-state index contributed by atoms with van der Waals surface area (Å²) < 4.78 is 70.2. The molecular weight excluding hydrogens is 512 g/mol. The summed E-state index contributed by atoms with van der Waals surface area (Å²) in [4.78, 5) is 5.00. The largest absolute Gasteiger partial charge is 0.435 e. The minimum Gasteiger partial charge on any atom is -0.435 e. The van der Waals surface area contributed by atoms with E-state index < -0.39 is 16.6 Å². The summed E-state index contributed by atoms with van der Waals surface area (Å²) in [5.74, 6) is 0.668. The number of hydrogen-bond acceptors (Lipinski definition) is 7. The van der Waals surface area contributed by atoms with Crippen molar-refractivity contribution in [2.75, 3.05) is 32.9 Å². The van der Waals surface area contributed by atoms with Crippen LogP contribution in [0.2, 0.25) is 0 Å². The molecule has 0 radical (unpaired) electrons. The molecule has 2 aliphatic heterocycles. The van der Waals surface area contributed by atoms with Gasteiger partial charge in [0.2, 0.25) is 10.0 Å². The lowest BCUT2D eigenvalue weighted by molar-refractivity contribution is -0.0498. The van der Waals surface area contributed by atoms with Crippen LogP contribution in [-0.4, -0.2) is 67.9 Å². The molecule has 3 aromatic rings. The molecule has 0 N–H and O–H groups in total. The zero-order valence-electron chi connectivity index (χ0n) is 19.5. The zero-order valence-corrected chi connectivity index (χ0v) is 21.1. The molecule has 2 aliphatic rings. The molecule has 3 heterocycles. The Balaban J connectivity index is 1.41. The second-order valence-electron chi connectivity index (χ2n) is 8.62. The van der Waals surface area contributed by atoms with E-state index in [2.05, 4.69) is 9.30 Å². The van der Waals surface area contributed by atoms with E-state index in [1.54, 1.807) is 24.3 Å². The standard InChI is InChI=1S/C24H27F2N3O5S2/c25-23(26)34-18-5-3-17(4-6-18)16-35-24-27-21-14-20(36(30,31)28-9-12-32-13-10-28)7-8-22(21)29(24)15-19-2-1-11-33-19/h3-8,14,19,23H,1-2,9-13,15-16H2. The molecule has 0 amide bonds. The summed E-state index contributed by atoms with van der Waals surface area (Å²) in [7, 11) is -3.64. The zero-order chi connectivity index (χ0) is 25.1. The first-order chi connectivity index (χ1) is 17.4. The van der Waals surface area contributed by atoms with Crippen LogP contribution in [0.4, 0.5) is 8.78 Å². The van der Waals surface area contributed by atoms with Crippen molar-refractivity contribution in [2.45, 2.75) is 47.9 Å². The van der Waals surface area contributed by atoms with Gasteiger partial charge in [-0.1, -0.05) is 23.9 Å². The van der Waals surface area contributed by atoms with Gasteiger partial charge in [-0.25, -0.2) is 13.4 Å². The Morgan fingerprint density at radius 2 is 1.89 bits per heavy atom. The van der Waals surface area contributed by atoms with Crippen LogP contribution in [0.15, 0.2) is 52.5 Å². The number of benzene rings is 2. The third-order valence-corrected chi connectivity index (χ3v) is 9.16. The highest BCUT2D eigenvalue weighted by atomic mass is 32.2. The Morgan fingerprint density at radius 1 is 1.11 bits per heavy atom. The number of ether oxygens (including phenoxy) is 3. The third kappa shape index (κ3) is 5.67.